The van der Waals surface area contributed by atoms with Crippen molar-refractivity contribution in [2.24, 2.45) is 0 Å². The third-order valence-corrected chi connectivity index (χ3v) is 2.92. The first-order chi connectivity index (χ1) is 9.33. The highest BCUT2D eigenvalue weighted by atomic mass is 32.1. The molecule has 7 heteroatoms. The molecule has 2 aromatic rings. The first-order valence-electron chi connectivity index (χ1n) is 6.10. The Morgan fingerprint density at radius 3 is 2.85 bits per heavy atom. The van der Waals surface area contributed by atoms with Crippen LogP contribution in [0.4, 0.5) is 9.93 Å². The number of carbonyl (C=O) groups excluding carboxylic acids is 1. The number of carbonyl (C=O) groups is 1. The van der Waals surface area contributed by atoms with Crippen LogP contribution in [0.5, 0.6) is 0 Å². The summed E-state index contributed by atoms with van der Waals surface area (Å²) in [6, 6.07) is 3.57. The lowest BCUT2D eigenvalue weighted by Gasteiger charge is -2.19. The van der Waals surface area contributed by atoms with Crippen LogP contribution in [0.2, 0.25) is 0 Å². The first kappa shape index (κ1) is 14.4. The highest BCUT2D eigenvalue weighted by Crippen LogP contribution is 2.24. The van der Waals surface area contributed by atoms with Crippen LogP contribution in [0.15, 0.2) is 21.9 Å². The van der Waals surface area contributed by atoms with Crippen LogP contribution in [0, 0.1) is 0 Å². The largest absolute Gasteiger partial charge is 0.458 e. The Kier molecular flexibility index (Phi) is 3.99. The zero-order chi connectivity index (χ0) is 14.8. The van der Waals surface area contributed by atoms with Gasteiger partial charge in [-0.1, -0.05) is 0 Å². The van der Waals surface area contributed by atoms with E-state index in [1.165, 1.54) is 11.3 Å². The number of thiazole rings is 1. The molecule has 2 aromatic heterocycles. The molecule has 2 heterocycles. The number of rotatable bonds is 3. The average Bonchev–Trinajstić information content (AvgIpc) is 2.92. The third kappa shape index (κ3) is 3.99. The molecular weight excluding hydrogens is 278 g/mol. The maximum atomic E-state index is 11.5. The van der Waals surface area contributed by atoms with E-state index in [9.17, 15) is 4.79 Å². The third-order valence-electron chi connectivity index (χ3n) is 2.24. The molecule has 0 aliphatic rings. The first-order valence-corrected chi connectivity index (χ1v) is 6.98. The predicted octanol–water partition coefficient (Wildman–Crippen LogP) is 3.01. The summed E-state index contributed by atoms with van der Waals surface area (Å²) in [5.41, 5.74) is 5.75. The van der Waals surface area contributed by atoms with Crippen LogP contribution in [-0.2, 0) is 11.3 Å². The van der Waals surface area contributed by atoms with Crippen molar-refractivity contribution in [3.05, 3.63) is 23.3 Å². The zero-order valence-electron chi connectivity index (χ0n) is 11.6. The summed E-state index contributed by atoms with van der Waals surface area (Å²) >= 11 is 1.35. The lowest BCUT2D eigenvalue weighted by atomic mass is 10.2. The smallest absolute Gasteiger partial charge is 0.408 e. The van der Waals surface area contributed by atoms with Crippen molar-refractivity contribution in [2.75, 3.05) is 5.73 Å². The van der Waals surface area contributed by atoms with Crippen molar-refractivity contribution >= 4 is 22.6 Å². The average molecular weight is 295 g/mol. The number of furan rings is 1. The standard InChI is InChI=1S/C13H17N3O3S/c1-13(2,3)19-12(17)15-6-8-4-5-10(18-8)9-7-20-11(14)16-9/h4-5,7H,6H2,1-3H3,(H2,14,16)(H,15,17). The molecule has 0 aliphatic carbocycles. The van der Waals surface area contributed by atoms with Gasteiger partial charge in [-0.25, -0.2) is 9.78 Å². The molecule has 0 aliphatic heterocycles. The number of nitrogens with one attached hydrogen (secondary N) is 1. The summed E-state index contributed by atoms with van der Waals surface area (Å²) in [4.78, 5) is 15.6. The van der Waals surface area contributed by atoms with Crippen LogP contribution in [0.1, 0.15) is 26.5 Å². The number of nitrogens with two attached hydrogens (primary N) is 1. The topological polar surface area (TPSA) is 90.4 Å². The van der Waals surface area contributed by atoms with Gasteiger partial charge in [0.2, 0.25) is 0 Å². The van der Waals surface area contributed by atoms with E-state index in [0.29, 0.717) is 22.3 Å². The van der Waals surface area contributed by atoms with Crippen LogP contribution in [0.25, 0.3) is 11.5 Å². The quantitative estimate of drug-likeness (QED) is 0.908. The molecule has 1 amide bonds. The fraction of sp³-hybridized carbons (Fsp3) is 0.385. The molecule has 2 rings (SSSR count). The van der Waals surface area contributed by atoms with Crippen LogP contribution in [0.3, 0.4) is 0 Å². The molecule has 0 unspecified atom stereocenters. The van der Waals surface area contributed by atoms with Crippen LogP contribution < -0.4 is 11.1 Å². The van der Waals surface area contributed by atoms with Crippen LogP contribution >= 0.6 is 11.3 Å². The van der Waals surface area contributed by atoms with Gasteiger partial charge < -0.3 is 20.2 Å². The molecule has 0 radical (unpaired) electrons. The molecule has 6 nitrogen and oxygen atoms in total. The van der Waals surface area contributed by atoms with Crippen molar-refractivity contribution in [1.82, 2.24) is 10.3 Å². The summed E-state index contributed by atoms with van der Waals surface area (Å²) in [7, 11) is 0. The highest BCUT2D eigenvalue weighted by Gasteiger charge is 2.16. The normalized spacial score (nSPS) is 11.3. The Hall–Kier alpha value is -2.02. The minimum atomic E-state index is -0.517. The van der Waals surface area contributed by atoms with E-state index in [1.54, 1.807) is 12.1 Å². The van der Waals surface area contributed by atoms with E-state index in [1.807, 2.05) is 26.2 Å². The summed E-state index contributed by atoms with van der Waals surface area (Å²) < 4.78 is 10.7. The lowest BCUT2D eigenvalue weighted by molar-refractivity contribution is 0.0520. The van der Waals surface area contributed by atoms with Crippen molar-refractivity contribution in [2.45, 2.75) is 32.9 Å². The number of anilines is 1. The van der Waals surface area contributed by atoms with Gasteiger partial charge in [-0.05, 0) is 32.9 Å². The van der Waals surface area contributed by atoms with E-state index in [4.69, 9.17) is 14.9 Å². The van der Waals surface area contributed by atoms with Gasteiger partial charge in [0.1, 0.15) is 17.1 Å². The van der Waals surface area contributed by atoms with E-state index in [2.05, 4.69) is 10.3 Å². The minimum absolute atomic E-state index is 0.258. The van der Waals surface area contributed by atoms with Gasteiger partial charge >= 0.3 is 6.09 Å². The second-order valence-corrected chi connectivity index (χ2v) is 6.08. The second kappa shape index (κ2) is 5.54. The van der Waals surface area contributed by atoms with Crippen LogP contribution in [-0.4, -0.2) is 16.7 Å². The Balaban J connectivity index is 1.92. The molecule has 0 atom stereocenters. The van der Waals surface area contributed by atoms with E-state index in [-0.39, 0.29) is 6.54 Å². The summed E-state index contributed by atoms with van der Waals surface area (Å²) in [5.74, 6) is 1.25. The van der Waals surface area contributed by atoms with Gasteiger partial charge in [-0.15, -0.1) is 11.3 Å². The molecule has 3 N–H and O–H groups in total. The van der Waals surface area contributed by atoms with Gasteiger partial charge in [0.25, 0.3) is 0 Å². The maximum absolute atomic E-state index is 11.5. The Bertz CT molecular complexity index is 598. The van der Waals surface area contributed by atoms with Crippen molar-refractivity contribution < 1.29 is 13.9 Å². The molecular formula is C13H17N3O3S. The fourth-order valence-corrected chi connectivity index (χ4v) is 2.04. The molecule has 0 aromatic carbocycles. The van der Waals surface area contributed by atoms with Crippen molar-refractivity contribution in [1.29, 1.82) is 0 Å². The Morgan fingerprint density at radius 2 is 2.25 bits per heavy atom. The molecule has 0 bridgehead atoms. The summed E-state index contributed by atoms with van der Waals surface area (Å²) in [5, 5.41) is 4.94. The van der Waals surface area contributed by atoms with Gasteiger partial charge in [-0.3, -0.25) is 0 Å². The Morgan fingerprint density at radius 1 is 1.50 bits per heavy atom. The minimum Gasteiger partial charge on any atom is -0.458 e. The van der Waals surface area contributed by atoms with Gasteiger partial charge in [0.15, 0.2) is 10.9 Å². The molecule has 0 saturated heterocycles. The number of amides is 1. The number of hydrogen-bond donors (Lipinski definition) is 2. The fourth-order valence-electron chi connectivity index (χ4n) is 1.48. The Labute approximate surface area is 120 Å². The van der Waals surface area contributed by atoms with E-state index >= 15 is 0 Å². The monoisotopic (exact) mass is 295 g/mol. The summed E-state index contributed by atoms with van der Waals surface area (Å²) in [6.07, 6.45) is -0.478. The van der Waals surface area contributed by atoms with Crippen molar-refractivity contribution in [3.8, 4) is 11.5 Å². The maximum Gasteiger partial charge on any atom is 0.408 e. The number of nitrogen functional groups attached to an aromatic ring is 1. The van der Waals surface area contributed by atoms with E-state index in [0.717, 1.165) is 0 Å². The number of nitrogens with zero attached hydrogens (tertiary/aromatic N) is 1. The molecule has 0 saturated carbocycles. The number of alkyl carbamates (subject to hydrolysis) is 1. The molecule has 0 fully saturated rings. The van der Waals surface area contributed by atoms with Gasteiger partial charge in [-0.2, -0.15) is 0 Å². The number of aromatic nitrogens is 1. The van der Waals surface area contributed by atoms with Crippen molar-refractivity contribution in [3.63, 3.8) is 0 Å². The van der Waals surface area contributed by atoms with Gasteiger partial charge in [0, 0.05) is 5.38 Å². The van der Waals surface area contributed by atoms with E-state index < -0.39 is 11.7 Å². The molecule has 20 heavy (non-hydrogen) atoms. The predicted molar refractivity (Wildman–Crippen MR) is 77.3 cm³/mol. The molecule has 0 spiro atoms. The van der Waals surface area contributed by atoms with Gasteiger partial charge in [0.05, 0.1) is 6.54 Å². The molecule has 108 valence electrons. The lowest BCUT2D eigenvalue weighted by Crippen LogP contribution is -2.32. The summed E-state index contributed by atoms with van der Waals surface area (Å²) in [6.45, 7) is 5.69. The second-order valence-electron chi connectivity index (χ2n) is 5.19. The highest BCUT2D eigenvalue weighted by molar-refractivity contribution is 7.13. The number of hydrogen-bond acceptors (Lipinski definition) is 6. The number of ether oxygens (including phenoxy) is 1. The zero-order valence-corrected chi connectivity index (χ0v) is 12.4. The SMILES string of the molecule is CC(C)(C)OC(=O)NCc1ccc(-c2csc(N)n2)o1.